The molecular weight excluding hydrogens is 456 g/mol. The SMILES string of the molecule is C=Nc1c(N(CC)CCCCCNC)nc(-n2cc(-c3ccccc3)c(=O)[nH]2)nc1N1CCOCC1. The lowest BCUT2D eigenvalue weighted by Gasteiger charge is -2.31. The van der Waals surface area contributed by atoms with Crippen molar-refractivity contribution in [2.75, 3.05) is 62.8 Å². The summed E-state index contributed by atoms with van der Waals surface area (Å²) in [6, 6.07) is 9.59. The molecule has 0 saturated carbocycles. The lowest BCUT2D eigenvalue weighted by atomic mass is 10.1. The highest BCUT2D eigenvalue weighted by Gasteiger charge is 2.24. The summed E-state index contributed by atoms with van der Waals surface area (Å²) in [5, 5.41) is 6.10. The largest absolute Gasteiger partial charge is 0.378 e. The van der Waals surface area contributed by atoms with Crippen LogP contribution < -0.4 is 20.7 Å². The van der Waals surface area contributed by atoms with Gasteiger partial charge in [-0.05, 0) is 45.6 Å². The number of nitrogens with zero attached hydrogens (tertiary/aromatic N) is 6. The van der Waals surface area contributed by atoms with E-state index in [0.29, 0.717) is 49.3 Å². The molecule has 192 valence electrons. The third-order valence-electron chi connectivity index (χ3n) is 6.37. The van der Waals surface area contributed by atoms with Crippen LogP contribution in [0, 0.1) is 0 Å². The maximum Gasteiger partial charge on any atom is 0.272 e. The number of morpholine rings is 1. The van der Waals surface area contributed by atoms with Crippen molar-refractivity contribution in [2.24, 2.45) is 4.99 Å². The zero-order valence-electron chi connectivity index (χ0n) is 21.2. The predicted octanol–water partition coefficient (Wildman–Crippen LogP) is 3.01. The van der Waals surface area contributed by atoms with E-state index < -0.39 is 0 Å². The van der Waals surface area contributed by atoms with Gasteiger partial charge in [-0.2, -0.15) is 9.97 Å². The summed E-state index contributed by atoms with van der Waals surface area (Å²) in [5.74, 6) is 1.83. The van der Waals surface area contributed by atoms with Gasteiger partial charge in [-0.15, -0.1) is 0 Å². The lowest BCUT2D eigenvalue weighted by Crippen LogP contribution is -2.37. The average Bonchev–Trinajstić information content (AvgIpc) is 3.32. The van der Waals surface area contributed by atoms with E-state index in [9.17, 15) is 4.79 Å². The molecule has 2 N–H and O–H groups in total. The maximum atomic E-state index is 12.8. The highest BCUT2D eigenvalue weighted by atomic mass is 16.5. The highest BCUT2D eigenvalue weighted by Crippen LogP contribution is 2.36. The van der Waals surface area contributed by atoms with Crippen molar-refractivity contribution in [1.29, 1.82) is 0 Å². The number of unbranched alkanes of at least 4 members (excludes halogenated alkanes) is 2. The minimum absolute atomic E-state index is 0.193. The number of aliphatic imine (C=N–C) groups is 1. The topological polar surface area (TPSA) is 104 Å². The summed E-state index contributed by atoms with van der Waals surface area (Å²) in [5.41, 5.74) is 1.88. The number of benzene rings is 1. The van der Waals surface area contributed by atoms with Crippen molar-refractivity contribution < 1.29 is 4.74 Å². The van der Waals surface area contributed by atoms with Gasteiger partial charge in [-0.1, -0.05) is 36.8 Å². The molecule has 1 fully saturated rings. The molecule has 36 heavy (non-hydrogen) atoms. The van der Waals surface area contributed by atoms with Crippen LogP contribution in [0.3, 0.4) is 0 Å². The minimum Gasteiger partial charge on any atom is -0.378 e. The molecule has 10 heteroatoms. The monoisotopic (exact) mass is 492 g/mol. The standard InChI is InChI=1S/C26H36N8O2/c1-4-32(14-10-6-9-13-27-2)23-22(28-3)24(33-15-17-36-18-16-33)30-26(29-23)34-19-21(25(35)31-34)20-11-7-5-8-12-20/h5,7-8,11-12,19,27H,3-4,6,9-10,13-18H2,1-2H3,(H,31,35). The van der Waals surface area contributed by atoms with Crippen molar-refractivity contribution in [2.45, 2.75) is 26.2 Å². The first kappa shape index (κ1) is 25.6. The molecule has 3 aromatic rings. The van der Waals surface area contributed by atoms with E-state index in [0.717, 1.165) is 50.3 Å². The fourth-order valence-electron chi connectivity index (χ4n) is 4.40. The Hall–Kier alpha value is -3.50. The van der Waals surface area contributed by atoms with Gasteiger partial charge in [0.2, 0.25) is 0 Å². The van der Waals surface area contributed by atoms with Crippen LogP contribution in [-0.2, 0) is 4.74 Å². The lowest BCUT2D eigenvalue weighted by molar-refractivity contribution is 0.122. The first-order valence-electron chi connectivity index (χ1n) is 12.6. The first-order valence-corrected chi connectivity index (χ1v) is 12.6. The van der Waals surface area contributed by atoms with Gasteiger partial charge in [0, 0.05) is 32.4 Å². The fraction of sp³-hybridized carbons (Fsp3) is 0.462. The number of ether oxygens (including phenoxy) is 1. The van der Waals surface area contributed by atoms with Crippen LogP contribution in [0.1, 0.15) is 26.2 Å². The van der Waals surface area contributed by atoms with Gasteiger partial charge in [0.25, 0.3) is 11.5 Å². The van der Waals surface area contributed by atoms with E-state index in [1.165, 1.54) is 0 Å². The maximum absolute atomic E-state index is 12.8. The third kappa shape index (κ3) is 5.83. The number of hydrogen-bond acceptors (Lipinski definition) is 8. The Morgan fingerprint density at radius 3 is 2.64 bits per heavy atom. The van der Waals surface area contributed by atoms with Crippen molar-refractivity contribution in [3.8, 4) is 17.1 Å². The molecule has 0 bridgehead atoms. The number of nitrogens with one attached hydrogen (secondary N) is 2. The Bertz CT molecular complexity index is 1180. The van der Waals surface area contributed by atoms with E-state index in [4.69, 9.17) is 14.7 Å². The molecule has 0 aliphatic carbocycles. The Balaban J connectivity index is 1.75. The van der Waals surface area contributed by atoms with Gasteiger partial charge in [0.1, 0.15) is 5.69 Å². The molecule has 4 rings (SSSR count). The molecule has 0 radical (unpaired) electrons. The summed E-state index contributed by atoms with van der Waals surface area (Å²) in [6.07, 6.45) is 5.04. The molecule has 1 aromatic carbocycles. The van der Waals surface area contributed by atoms with E-state index in [1.54, 1.807) is 10.9 Å². The molecule has 2 aromatic heterocycles. The second kappa shape index (κ2) is 12.5. The Kier molecular flexibility index (Phi) is 8.85. The van der Waals surface area contributed by atoms with Crippen molar-refractivity contribution in [1.82, 2.24) is 25.1 Å². The van der Waals surface area contributed by atoms with Crippen molar-refractivity contribution >= 4 is 24.0 Å². The van der Waals surface area contributed by atoms with Crippen LogP contribution in [0.4, 0.5) is 17.3 Å². The number of aromatic amines is 1. The van der Waals surface area contributed by atoms with Gasteiger partial charge in [-0.3, -0.25) is 14.9 Å². The normalized spacial score (nSPS) is 13.7. The Morgan fingerprint density at radius 2 is 1.94 bits per heavy atom. The molecular formula is C26H36N8O2. The highest BCUT2D eigenvalue weighted by molar-refractivity contribution is 5.78. The average molecular weight is 493 g/mol. The van der Waals surface area contributed by atoms with E-state index >= 15 is 0 Å². The molecule has 1 saturated heterocycles. The smallest absolute Gasteiger partial charge is 0.272 e. The van der Waals surface area contributed by atoms with Crippen molar-refractivity contribution in [3.05, 3.63) is 46.9 Å². The van der Waals surface area contributed by atoms with Gasteiger partial charge in [0.05, 0.1) is 18.8 Å². The Morgan fingerprint density at radius 1 is 1.17 bits per heavy atom. The van der Waals surface area contributed by atoms with Gasteiger partial charge in [0.15, 0.2) is 11.6 Å². The van der Waals surface area contributed by atoms with Crippen LogP contribution in [0.2, 0.25) is 0 Å². The second-order valence-corrected chi connectivity index (χ2v) is 8.74. The van der Waals surface area contributed by atoms with Crippen LogP contribution in [0.15, 0.2) is 46.3 Å². The molecule has 0 spiro atoms. The van der Waals surface area contributed by atoms with Crippen LogP contribution >= 0.6 is 0 Å². The van der Waals surface area contributed by atoms with Crippen LogP contribution in [0.25, 0.3) is 17.1 Å². The molecule has 0 unspecified atom stereocenters. The van der Waals surface area contributed by atoms with Crippen LogP contribution in [-0.4, -0.2) is 79.5 Å². The van der Waals surface area contributed by atoms with E-state index in [1.807, 2.05) is 37.4 Å². The zero-order valence-corrected chi connectivity index (χ0v) is 21.2. The second-order valence-electron chi connectivity index (χ2n) is 8.74. The quantitative estimate of drug-likeness (QED) is 0.296. The number of anilines is 2. The summed E-state index contributed by atoms with van der Waals surface area (Å²) in [7, 11) is 1.98. The Labute approximate surface area is 212 Å². The number of hydrogen-bond donors (Lipinski definition) is 2. The third-order valence-corrected chi connectivity index (χ3v) is 6.37. The first-order chi connectivity index (χ1) is 17.7. The zero-order chi connectivity index (χ0) is 25.3. The molecule has 10 nitrogen and oxygen atoms in total. The van der Waals surface area contributed by atoms with Crippen LogP contribution in [0.5, 0.6) is 0 Å². The van der Waals surface area contributed by atoms with Gasteiger partial charge in [-0.25, -0.2) is 4.68 Å². The predicted molar refractivity (Wildman–Crippen MR) is 145 cm³/mol. The summed E-state index contributed by atoms with van der Waals surface area (Å²) in [6.45, 7) is 11.2. The number of aromatic nitrogens is 4. The number of H-pyrrole nitrogens is 1. The summed E-state index contributed by atoms with van der Waals surface area (Å²) >= 11 is 0. The molecule has 1 aliphatic heterocycles. The summed E-state index contributed by atoms with van der Waals surface area (Å²) in [4.78, 5) is 31.4. The fourth-order valence-corrected chi connectivity index (χ4v) is 4.40. The molecule has 1 aliphatic rings. The molecule has 0 atom stereocenters. The van der Waals surface area contributed by atoms with Gasteiger partial charge >= 0.3 is 0 Å². The summed E-state index contributed by atoms with van der Waals surface area (Å²) < 4.78 is 7.17. The molecule has 0 amide bonds. The number of rotatable bonds is 12. The van der Waals surface area contributed by atoms with Gasteiger partial charge < -0.3 is 19.9 Å². The molecule has 3 heterocycles. The minimum atomic E-state index is -0.193. The van der Waals surface area contributed by atoms with Crippen molar-refractivity contribution in [3.63, 3.8) is 0 Å². The van der Waals surface area contributed by atoms with E-state index in [2.05, 4.69) is 38.8 Å². The van der Waals surface area contributed by atoms with E-state index in [-0.39, 0.29) is 5.56 Å².